The fraction of sp³-hybridized carbons (Fsp3) is 0.0769. The van der Waals surface area contributed by atoms with Crippen molar-refractivity contribution in [2.24, 2.45) is 0 Å². The quantitative estimate of drug-likeness (QED) is 0.184. The van der Waals surface area contributed by atoms with Crippen LogP contribution in [0.1, 0.15) is 18.8 Å². The van der Waals surface area contributed by atoms with E-state index in [1.54, 1.807) is 17.8 Å². The molecule has 4 aromatic rings. The molecular weight excluding hydrogens is 446 g/mol. The maximum atomic E-state index is 12.8. The summed E-state index contributed by atoms with van der Waals surface area (Å²) < 4.78 is 5.80. The van der Waals surface area contributed by atoms with Crippen molar-refractivity contribution in [1.82, 2.24) is 10.5 Å². The highest BCUT2D eigenvalue weighted by Gasteiger charge is 2.13. The number of hydrazine groups is 2. The van der Waals surface area contributed by atoms with Crippen LogP contribution in [0.3, 0.4) is 0 Å². The van der Waals surface area contributed by atoms with Crippen molar-refractivity contribution in [3.63, 3.8) is 0 Å². The van der Waals surface area contributed by atoms with E-state index < -0.39 is 0 Å². The molecule has 1 aliphatic rings. The van der Waals surface area contributed by atoms with Crippen molar-refractivity contribution in [2.45, 2.75) is 5.75 Å². The van der Waals surface area contributed by atoms with Crippen LogP contribution < -0.4 is 26.4 Å². The van der Waals surface area contributed by atoms with E-state index in [-0.39, 0.29) is 8.76 Å². The van der Waals surface area contributed by atoms with Gasteiger partial charge in [-0.3, -0.25) is 10.2 Å². The molecule has 8 heteroatoms. The van der Waals surface area contributed by atoms with Gasteiger partial charge in [0.05, 0.1) is 11.4 Å². The van der Waals surface area contributed by atoms with Crippen molar-refractivity contribution in [2.75, 3.05) is 22.1 Å². The van der Waals surface area contributed by atoms with E-state index in [4.69, 9.17) is 4.74 Å². The van der Waals surface area contributed by atoms with Crippen molar-refractivity contribution in [3.05, 3.63) is 102 Å². The first-order valence-corrected chi connectivity index (χ1v) is 11.9. The summed E-state index contributed by atoms with van der Waals surface area (Å²) in [5, 5.41) is 2.94. The monoisotopic (exact) mass is 473 g/mol. The normalized spacial score (nSPS) is 11.8. The van der Waals surface area contributed by atoms with Crippen LogP contribution in [-0.2, 0) is 5.75 Å². The molecule has 0 fully saturated rings. The van der Waals surface area contributed by atoms with Gasteiger partial charge in [-0.05, 0) is 54.1 Å². The number of nitrogens with zero attached hydrogens (tertiary/aromatic N) is 1. The number of carbonyl (C=O) groups excluding carboxylic acids is 1. The van der Waals surface area contributed by atoms with Gasteiger partial charge in [0, 0.05) is 25.4 Å². The molecule has 7 nitrogen and oxygen atoms in total. The zero-order valence-electron chi connectivity index (χ0n) is 18.2. The highest BCUT2D eigenvalue weighted by atomic mass is 32.2. The first kappa shape index (κ1) is 21.8. The number of fused-ring (bicyclic) bond motifs is 1. The Morgan fingerprint density at radius 2 is 1.79 bits per heavy atom. The summed E-state index contributed by atoms with van der Waals surface area (Å²) in [6.45, 7) is 0. The number of rotatable bonds is 8. The Labute approximate surface area is 204 Å². The Hall–Kier alpha value is -4.01. The molecule has 1 aromatic heterocycles. The Kier molecular flexibility index (Phi) is 6.60. The zero-order chi connectivity index (χ0) is 23.2. The van der Waals surface area contributed by atoms with E-state index in [0.717, 1.165) is 28.4 Å². The molecule has 174 valence electrons. The van der Waals surface area contributed by atoms with Crippen molar-refractivity contribution < 1.29 is 12.4 Å². The van der Waals surface area contributed by atoms with Crippen molar-refractivity contribution in [1.29, 1.82) is 0 Å². The molecule has 34 heavy (non-hydrogen) atoms. The smallest absolute Gasteiger partial charge is 0.255 e. The molecule has 2 heterocycles. The molecule has 4 N–H and O–H groups in total. The molecule has 1 amide bonds. The first-order chi connectivity index (χ1) is 16.7. The molecule has 5 rings (SSSR count). The van der Waals surface area contributed by atoms with E-state index in [2.05, 4.69) is 38.8 Å². The number of benzene rings is 3. The number of carbonyl (C=O) groups is 1. The van der Waals surface area contributed by atoms with Crippen LogP contribution >= 0.6 is 11.8 Å². The van der Waals surface area contributed by atoms with Crippen LogP contribution in [0.15, 0.2) is 91.0 Å². The minimum atomic E-state index is -0.184. The van der Waals surface area contributed by atoms with Crippen LogP contribution in [0.5, 0.6) is 5.75 Å². The number of ether oxygens (including phenoxy) is 1. The molecule has 0 saturated heterocycles. The molecule has 3 aromatic carbocycles. The second kappa shape index (κ2) is 10.3. The minimum Gasteiger partial charge on any atom is -0.483 e. The number of hydrogen-bond donors (Lipinski definition) is 4. The van der Waals surface area contributed by atoms with Gasteiger partial charge in [-0.25, -0.2) is 4.98 Å². The van der Waals surface area contributed by atoms with E-state index in [0.29, 0.717) is 23.0 Å². The SMILES string of the molecule is O=C(Nc1ccc(OCSCc2ccccc2)cc1)c1cccc(-c2ccc3c(n2)NNN3)c1.[HH].[HH]. The van der Waals surface area contributed by atoms with Gasteiger partial charge in [0.15, 0.2) is 5.82 Å². The molecule has 0 bridgehead atoms. The van der Waals surface area contributed by atoms with Crippen molar-refractivity contribution in [3.8, 4) is 17.0 Å². The summed E-state index contributed by atoms with van der Waals surface area (Å²) >= 11 is 1.71. The lowest BCUT2D eigenvalue weighted by Gasteiger charge is -2.09. The topological polar surface area (TPSA) is 87.3 Å². The molecule has 0 radical (unpaired) electrons. The first-order valence-electron chi connectivity index (χ1n) is 10.8. The van der Waals surface area contributed by atoms with Crippen LogP contribution in [0.25, 0.3) is 11.3 Å². The van der Waals surface area contributed by atoms with Gasteiger partial charge in [0.2, 0.25) is 0 Å². The van der Waals surface area contributed by atoms with Gasteiger partial charge < -0.3 is 15.5 Å². The average Bonchev–Trinajstić information content (AvgIpc) is 3.36. The Morgan fingerprint density at radius 1 is 0.941 bits per heavy atom. The second-order valence-electron chi connectivity index (χ2n) is 7.62. The number of pyridine rings is 1. The third-order valence-corrected chi connectivity index (χ3v) is 6.05. The van der Waals surface area contributed by atoms with Crippen LogP contribution in [0, 0.1) is 0 Å². The molecule has 0 saturated carbocycles. The maximum absolute atomic E-state index is 12.8. The largest absolute Gasteiger partial charge is 0.483 e. The standard InChI is InChI=1S/C26H23N5O2S.2H2/c32-26(20-8-4-7-19(15-20)23-13-14-24-25(28-23)30-31-29-24)27-21-9-11-22(12-10-21)33-17-34-16-18-5-2-1-3-6-18;;/h1-15,29,31H,16-17H2,(H,27,32)(H,28,30);2*1H. The lowest BCUT2D eigenvalue weighted by atomic mass is 10.1. The summed E-state index contributed by atoms with van der Waals surface area (Å²) in [6.07, 6.45) is 0. The lowest BCUT2D eigenvalue weighted by Crippen LogP contribution is -2.19. The van der Waals surface area contributed by atoms with Crippen LogP contribution in [0.4, 0.5) is 17.2 Å². The minimum absolute atomic E-state index is 0. The zero-order valence-corrected chi connectivity index (χ0v) is 19.1. The molecular formula is C26H27N5O2S. The van der Waals surface area contributed by atoms with E-state index in [1.165, 1.54) is 5.56 Å². The number of amides is 1. The van der Waals surface area contributed by atoms with Gasteiger partial charge in [-0.15, -0.1) is 17.3 Å². The van der Waals surface area contributed by atoms with E-state index in [9.17, 15) is 4.79 Å². The van der Waals surface area contributed by atoms with Gasteiger partial charge in [0.25, 0.3) is 5.91 Å². The lowest BCUT2D eigenvalue weighted by molar-refractivity contribution is 0.102. The van der Waals surface area contributed by atoms with Crippen LogP contribution in [-0.4, -0.2) is 16.8 Å². The Bertz CT molecular complexity index is 1290. The summed E-state index contributed by atoms with van der Waals surface area (Å²) in [5.74, 6) is 2.76. The summed E-state index contributed by atoms with van der Waals surface area (Å²) in [4.78, 5) is 17.4. The van der Waals surface area contributed by atoms with Crippen molar-refractivity contribution >= 4 is 34.9 Å². The van der Waals surface area contributed by atoms with Gasteiger partial charge >= 0.3 is 0 Å². The van der Waals surface area contributed by atoms with E-state index >= 15 is 0 Å². The number of anilines is 3. The number of hydrogen-bond acceptors (Lipinski definition) is 7. The summed E-state index contributed by atoms with van der Waals surface area (Å²) in [6, 6.07) is 29.0. The molecule has 0 unspecified atom stereocenters. The maximum Gasteiger partial charge on any atom is 0.255 e. The average molecular weight is 474 g/mol. The third-order valence-electron chi connectivity index (χ3n) is 5.23. The van der Waals surface area contributed by atoms with Gasteiger partial charge in [0.1, 0.15) is 11.7 Å². The highest BCUT2D eigenvalue weighted by Crippen LogP contribution is 2.27. The van der Waals surface area contributed by atoms with Gasteiger partial charge in [-0.1, -0.05) is 42.5 Å². The molecule has 0 aliphatic carbocycles. The predicted octanol–water partition coefficient (Wildman–Crippen LogP) is 6.02. The molecule has 0 atom stereocenters. The summed E-state index contributed by atoms with van der Waals surface area (Å²) in [5.41, 5.74) is 13.8. The fourth-order valence-corrected chi connectivity index (χ4v) is 4.21. The number of aromatic nitrogens is 1. The Balaban J connectivity index is 0.00000180. The number of nitrogens with one attached hydrogen (secondary N) is 4. The summed E-state index contributed by atoms with van der Waals surface area (Å²) in [7, 11) is 0. The van der Waals surface area contributed by atoms with Crippen LogP contribution in [0.2, 0.25) is 0 Å². The predicted molar refractivity (Wildman–Crippen MR) is 142 cm³/mol. The third kappa shape index (κ3) is 5.31. The fourth-order valence-electron chi connectivity index (χ4n) is 3.47. The highest BCUT2D eigenvalue weighted by molar-refractivity contribution is 7.98. The molecule has 1 aliphatic heterocycles. The van der Waals surface area contributed by atoms with Gasteiger partial charge in [-0.2, -0.15) is 0 Å². The molecule has 0 spiro atoms. The number of thioether (sulfide) groups is 1. The second-order valence-corrected chi connectivity index (χ2v) is 8.56. The van der Waals surface area contributed by atoms with E-state index in [1.807, 2.05) is 72.8 Å². The Morgan fingerprint density at radius 3 is 2.65 bits per heavy atom.